The number of benzene rings is 2. The van der Waals surface area contributed by atoms with Crippen LogP contribution in [-0.2, 0) is 20.7 Å². The number of aliphatic hydroxyl groups excluding tert-OH is 3. The topological polar surface area (TPSA) is 200 Å². The maximum atomic E-state index is 13.6. The fourth-order valence-electron chi connectivity index (χ4n) is 5.77. The zero-order valence-corrected chi connectivity index (χ0v) is 21.7. The molecule has 6 atom stereocenters. The molecule has 5 rings (SSSR count). The van der Waals surface area contributed by atoms with Crippen molar-refractivity contribution in [1.82, 2.24) is 0 Å². The van der Waals surface area contributed by atoms with E-state index in [9.17, 15) is 58.2 Å². The van der Waals surface area contributed by atoms with Gasteiger partial charge < -0.3 is 44.8 Å². The lowest BCUT2D eigenvalue weighted by molar-refractivity contribution is -0.336. The van der Waals surface area contributed by atoms with E-state index < -0.39 is 119 Å². The van der Waals surface area contributed by atoms with Gasteiger partial charge in [0.1, 0.15) is 35.6 Å². The van der Waals surface area contributed by atoms with Crippen LogP contribution in [0.4, 0.5) is 13.2 Å². The number of rotatable bonds is 5. The van der Waals surface area contributed by atoms with E-state index in [0.29, 0.717) is 0 Å². The maximum Gasteiger partial charge on any atom is 0.417 e. The molecule has 6 N–H and O–H groups in total. The van der Waals surface area contributed by atoms with E-state index in [1.807, 2.05) is 0 Å². The van der Waals surface area contributed by atoms with Crippen LogP contribution in [0.1, 0.15) is 61.9 Å². The number of carbonyl (C=O) groups is 3. The van der Waals surface area contributed by atoms with Gasteiger partial charge in [0.05, 0.1) is 36.0 Å². The van der Waals surface area contributed by atoms with Crippen molar-refractivity contribution in [3.05, 3.63) is 51.6 Å². The molecule has 2 aromatic carbocycles. The second kappa shape index (κ2) is 10.3. The van der Waals surface area contributed by atoms with Crippen molar-refractivity contribution in [1.29, 1.82) is 0 Å². The molecule has 15 heteroatoms. The molecular formula is C27H25F3O12. The van der Waals surface area contributed by atoms with E-state index in [2.05, 4.69) is 0 Å². The van der Waals surface area contributed by atoms with Crippen LogP contribution < -0.4 is 4.74 Å². The third-order valence-corrected chi connectivity index (χ3v) is 7.81. The predicted octanol–water partition coefficient (Wildman–Crippen LogP) is 0.577. The highest BCUT2D eigenvalue weighted by Crippen LogP contribution is 2.52. The van der Waals surface area contributed by atoms with Crippen LogP contribution in [-0.4, -0.2) is 98.1 Å². The Hall–Kier alpha value is -3.60. The molecule has 0 amide bonds. The number of alkyl halides is 3. The number of halogens is 3. The van der Waals surface area contributed by atoms with Gasteiger partial charge in [-0.2, -0.15) is 13.2 Å². The van der Waals surface area contributed by atoms with Crippen LogP contribution in [0.2, 0.25) is 0 Å². The maximum absolute atomic E-state index is 13.6. The summed E-state index contributed by atoms with van der Waals surface area (Å²) in [5.74, 6) is -4.87. The highest BCUT2D eigenvalue weighted by Gasteiger charge is 2.54. The minimum absolute atomic E-state index is 0.0230. The molecule has 2 aliphatic carbocycles. The van der Waals surface area contributed by atoms with Crippen LogP contribution in [0, 0.1) is 0 Å². The molecule has 1 heterocycles. The number of phenols is 2. The van der Waals surface area contributed by atoms with E-state index in [4.69, 9.17) is 14.2 Å². The number of hydrogen-bond donors (Lipinski definition) is 6. The first-order valence-electron chi connectivity index (χ1n) is 12.6. The van der Waals surface area contributed by atoms with Crippen LogP contribution >= 0.6 is 0 Å². The Balaban J connectivity index is 1.67. The number of ether oxygens (including phenoxy) is 3. The summed E-state index contributed by atoms with van der Waals surface area (Å²) in [6.45, 7) is -1.19. The van der Waals surface area contributed by atoms with Gasteiger partial charge in [0, 0.05) is 36.0 Å². The van der Waals surface area contributed by atoms with E-state index in [-0.39, 0.29) is 16.9 Å². The predicted molar refractivity (Wildman–Crippen MR) is 130 cm³/mol. The SMILES string of the molecule is COc1cccc2c1C(=O)c1c(O)c3c(c(O)c1C2=O)C[C@@](O)(C(=O)CO)CC3OC1CC(O)C(O)C(C(F)(F)F)O1. The Kier molecular flexibility index (Phi) is 7.32. The van der Waals surface area contributed by atoms with Crippen molar-refractivity contribution in [2.45, 2.75) is 61.7 Å². The lowest BCUT2D eigenvalue weighted by atomic mass is 9.72. The first-order chi connectivity index (χ1) is 19.6. The third kappa shape index (κ3) is 4.53. The molecule has 0 bridgehead atoms. The number of aliphatic hydroxyl groups is 4. The van der Waals surface area contributed by atoms with Gasteiger partial charge in [0.15, 0.2) is 24.0 Å². The average Bonchev–Trinajstić information content (AvgIpc) is 2.93. The summed E-state index contributed by atoms with van der Waals surface area (Å²) in [4.78, 5) is 39.6. The number of carbonyl (C=O) groups excluding carboxylic acids is 3. The first kappa shape index (κ1) is 29.9. The van der Waals surface area contributed by atoms with Crippen molar-refractivity contribution in [3.8, 4) is 17.2 Å². The van der Waals surface area contributed by atoms with Gasteiger partial charge in [0.2, 0.25) is 5.78 Å². The molecule has 42 heavy (non-hydrogen) atoms. The highest BCUT2D eigenvalue weighted by molar-refractivity contribution is 6.31. The van der Waals surface area contributed by atoms with Gasteiger partial charge in [-0.1, -0.05) is 12.1 Å². The number of ketones is 3. The highest BCUT2D eigenvalue weighted by atomic mass is 19.4. The summed E-state index contributed by atoms with van der Waals surface area (Å²) in [6.07, 6.45) is -18.4. The van der Waals surface area contributed by atoms with Gasteiger partial charge in [0.25, 0.3) is 0 Å². The van der Waals surface area contributed by atoms with Crippen molar-refractivity contribution in [2.75, 3.05) is 13.7 Å². The number of phenolic OH excluding ortho intramolecular Hbond substituents is 2. The summed E-state index contributed by atoms with van der Waals surface area (Å²) in [6, 6.07) is 4.08. The smallest absolute Gasteiger partial charge is 0.417 e. The number of hydrogen-bond acceptors (Lipinski definition) is 12. The van der Waals surface area contributed by atoms with E-state index in [1.54, 1.807) is 0 Å². The van der Waals surface area contributed by atoms with Gasteiger partial charge in [-0.3, -0.25) is 14.4 Å². The monoisotopic (exact) mass is 598 g/mol. The quantitative estimate of drug-likeness (QED) is 0.224. The molecule has 1 saturated heterocycles. The fraction of sp³-hybridized carbons (Fsp3) is 0.444. The minimum atomic E-state index is -5.14. The van der Waals surface area contributed by atoms with Crippen molar-refractivity contribution >= 4 is 17.3 Å². The molecule has 0 radical (unpaired) electrons. The second-order valence-corrected chi connectivity index (χ2v) is 10.3. The molecule has 2 aromatic rings. The van der Waals surface area contributed by atoms with Crippen LogP contribution in [0.3, 0.4) is 0 Å². The molecule has 12 nitrogen and oxygen atoms in total. The number of aromatic hydroxyl groups is 2. The molecule has 0 aromatic heterocycles. The first-order valence-corrected chi connectivity index (χ1v) is 12.6. The summed E-state index contributed by atoms with van der Waals surface area (Å²) in [5, 5.41) is 63.2. The van der Waals surface area contributed by atoms with Gasteiger partial charge >= 0.3 is 6.18 Å². The van der Waals surface area contributed by atoms with Gasteiger partial charge in [-0.05, 0) is 6.07 Å². The van der Waals surface area contributed by atoms with E-state index in [0.717, 1.165) is 0 Å². The molecule has 3 aliphatic rings. The fourth-order valence-corrected chi connectivity index (χ4v) is 5.77. The Bertz CT molecular complexity index is 1490. The van der Waals surface area contributed by atoms with Crippen LogP contribution in [0.5, 0.6) is 17.2 Å². The Morgan fingerprint density at radius 2 is 1.76 bits per heavy atom. The zero-order valence-electron chi connectivity index (χ0n) is 21.7. The Morgan fingerprint density at radius 3 is 2.38 bits per heavy atom. The van der Waals surface area contributed by atoms with Crippen molar-refractivity contribution in [3.63, 3.8) is 0 Å². The average molecular weight is 598 g/mol. The molecular weight excluding hydrogens is 573 g/mol. The normalized spacial score (nSPS) is 29.0. The van der Waals surface area contributed by atoms with Crippen molar-refractivity contribution in [2.24, 2.45) is 0 Å². The summed E-state index contributed by atoms with van der Waals surface area (Å²) < 4.78 is 56.1. The molecule has 0 spiro atoms. The third-order valence-electron chi connectivity index (χ3n) is 7.81. The van der Waals surface area contributed by atoms with E-state index in [1.165, 1.54) is 25.3 Å². The van der Waals surface area contributed by atoms with Crippen molar-refractivity contribution < 1.29 is 72.4 Å². The number of methoxy groups -OCH3 is 1. The Morgan fingerprint density at radius 1 is 1.10 bits per heavy atom. The minimum Gasteiger partial charge on any atom is -0.507 e. The Labute approximate surface area is 234 Å². The lowest BCUT2D eigenvalue weighted by Gasteiger charge is -2.42. The lowest BCUT2D eigenvalue weighted by Crippen LogP contribution is -2.55. The number of Topliss-reactive ketones (excluding diaryl/α,β-unsaturated/α-hetero) is 1. The molecule has 5 unspecified atom stereocenters. The summed E-state index contributed by atoms with van der Waals surface area (Å²) >= 11 is 0. The second-order valence-electron chi connectivity index (χ2n) is 10.3. The standard InChI is InChI=1S/C27H25F3O12/c1-40-12-4-2-3-9-16(12)23(37)19-18(20(9)34)21(35)10-6-26(39,14(33)8-31)7-13(17(10)24(19)38)41-15-5-11(32)22(36)25(42-15)27(28,29)30/h2-4,11,13,15,22,25,31-32,35-36,38-39H,5-8H2,1H3/t11?,13?,15?,22?,25?,26-/m0/s1. The molecule has 226 valence electrons. The van der Waals surface area contributed by atoms with E-state index >= 15 is 0 Å². The number of fused-ring (bicyclic) bond motifs is 3. The zero-order chi connectivity index (χ0) is 30.9. The summed E-state index contributed by atoms with van der Waals surface area (Å²) in [5.41, 5.74) is -5.11. The largest absolute Gasteiger partial charge is 0.507 e. The van der Waals surface area contributed by atoms with Crippen LogP contribution in [0.15, 0.2) is 18.2 Å². The molecule has 1 aliphatic heterocycles. The van der Waals surface area contributed by atoms with Gasteiger partial charge in [-0.25, -0.2) is 0 Å². The summed E-state index contributed by atoms with van der Waals surface area (Å²) in [7, 11) is 1.24. The molecule has 0 saturated carbocycles. The molecule has 1 fully saturated rings. The van der Waals surface area contributed by atoms with Gasteiger partial charge in [-0.15, -0.1) is 0 Å². The van der Waals surface area contributed by atoms with Crippen LogP contribution in [0.25, 0.3) is 0 Å².